The summed E-state index contributed by atoms with van der Waals surface area (Å²) < 4.78 is 0.481. The van der Waals surface area contributed by atoms with Gasteiger partial charge in [0, 0.05) is 4.47 Å². The number of phenols is 3. The minimum absolute atomic E-state index is 0.0156. The Morgan fingerprint density at radius 3 is 1.54 bits per heavy atom. The van der Waals surface area contributed by atoms with Crippen LogP contribution in [0.3, 0.4) is 0 Å². The average molecular weight is 586 g/mol. The van der Waals surface area contributed by atoms with E-state index in [-0.39, 0.29) is 41.4 Å². The van der Waals surface area contributed by atoms with Gasteiger partial charge in [-0.15, -0.1) is 0 Å². The Kier molecular flexibility index (Phi) is 4.35. The van der Waals surface area contributed by atoms with Crippen molar-refractivity contribution in [1.82, 2.24) is 0 Å². The molecule has 0 atom stereocenters. The lowest BCUT2D eigenvalue weighted by Crippen LogP contribution is -2.23. The van der Waals surface area contributed by atoms with Crippen LogP contribution in [-0.2, 0) is 0 Å². The topological polar surface area (TPSA) is 94.8 Å². The Bertz CT molecular complexity index is 828. The molecule has 0 amide bonds. The molecule has 0 fully saturated rings. The lowest BCUT2D eigenvalue weighted by molar-refractivity contribution is 0.0972. The third kappa shape index (κ3) is 2.14. The fourth-order valence-electron chi connectivity index (χ4n) is 2.58. The molecule has 5 nitrogen and oxygen atoms in total. The molecule has 24 heavy (non-hydrogen) atoms. The first kappa shape index (κ1) is 17.9. The number of aromatic hydroxyl groups is 3. The Morgan fingerprint density at radius 1 is 0.583 bits per heavy atom. The van der Waals surface area contributed by atoms with E-state index in [0.717, 1.165) is 0 Å². The zero-order valence-corrected chi connectivity index (χ0v) is 18.0. The molecule has 2 aromatic carbocycles. The molecule has 0 heterocycles. The molecule has 1 aliphatic carbocycles. The van der Waals surface area contributed by atoms with Gasteiger partial charge >= 0.3 is 0 Å². The molecule has 9 heteroatoms. The van der Waals surface area contributed by atoms with Gasteiger partial charge in [-0.1, -0.05) is 0 Å². The van der Waals surface area contributed by atoms with E-state index in [4.69, 9.17) is 0 Å². The minimum atomic E-state index is -0.725. The summed E-state index contributed by atoms with van der Waals surface area (Å²) in [6, 6.07) is 0. The van der Waals surface area contributed by atoms with Crippen molar-refractivity contribution in [3.63, 3.8) is 0 Å². The maximum atomic E-state index is 13.0. The van der Waals surface area contributed by atoms with Gasteiger partial charge < -0.3 is 15.3 Å². The number of ketones is 2. The maximum absolute atomic E-state index is 13.0. The van der Waals surface area contributed by atoms with Crippen molar-refractivity contribution in [3.05, 3.63) is 45.7 Å². The van der Waals surface area contributed by atoms with Gasteiger partial charge in [0.25, 0.3) is 0 Å². The highest BCUT2D eigenvalue weighted by molar-refractivity contribution is 9.11. The van der Waals surface area contributed by atoms with Crippen LogP contribution in [0.15, 0.2) is 17.9 Å². The van der Waals surface area contributed by atoms with Crippen LogP contribution in [0.5, 0.6) is 17.2 Å². The molecule has 0 saturated heterocycles. The second kappa shape index (κ2) is 5.82. The Labute approximate surface area is 169 Å². The molecule has 0 aromatic heterocycles. The lowest BCUT2D eigenvalue weighted by atomic mass is 9.82. The van der Waals surface area contributed by atoms with Gasteiger partial charge in [-0.05, 0) is 76.2 Å². The van der Waals surface area contributed by atoms with E-state index in [1.165, 1.54) is 0 Å². The average Bonchev–Trinajstić information content (AvgIpc) is 2.55. The van der Waals surface area contributed by atoms with Crippen LogP contribution in [-0.4, -0.2) is 26.9 Å². The van der Waals surface area contributed by atoms with Crippen molar-refractivity contribution in [2.24, 2.45) is 0 Å². The first-order valence-corrected chi connectivity index (χ1v) is 9.51. The molecule has 0 spiro atoms. The molecule has 1 aliphatic rings. The number of fused-ring (bicyclic) bond motifs is 2. The number of hydrogen-bond acceptors (Lipinski definition) is 5. The van der Waals surface area contributed by atoms with Crippen molar-refractivity contribution in [2.45, 2.75) is 6.92 Å². The Balaban J connectivity index is 2.53. The van der Waals surface area contributed by atoms with Gasteiger partial charge in [0.1, 0.15) is 21.7 Å². The monoisotopic (exact) mass is 582 g/mol. The van der Waals surface area contributed by atoms with Crippen molar-refractivity contribution < 1.29 is 24.9 Å². The summed E-state index contributed by atoms with van der Waals surface area (Å²) in [5.74, 6) is -2.68. The molecular weight excluding hydrogens is 580 g/mol. The first-order valence-electron chi connectivity index (χ1n) is 6.33. The second-order valence-corrected chi connectivity index (χ2v) is 8.26. The third-order valence-electron chi connectivity index (χ3n) is 3.81. The molecule has 3 rings (SSSR count). The Morgan fingerprint density at radius 2 is 1.00 bits per heavy atom. The number of halogens is 4. The van der Waals surface area contributed by atoms with E-state index in [1.54, 1.807) is 6.92 Å². The zero-order chi connectivity index (χ0) is 18.1. The summed E-state index contributed by atoms with van der Waals surface area (Å²) in [6.45, 7) is 1.66. The fraction of sp³-hybridized carbons (Fsp3) is 0.0667. The smallest absolute Gasteiger partial charge is 0.202 e. The quantitative estimate of drug-likeness (QED) is 0.348. The minimum Gasteiger partial charge on any atom is -0.506 e. The zero-order valence-electron chi connectivity index (χ0n) is 11.7. The summed E-state index contributed by atoms with van der Waals surface area (Å²) >= 11 is 12.6. The van der Waals surface area contributed by atoms with Gasteiger partial charge in [-0.25, -0.2) is 0 Å². The van der Waals surface area contributed by atoms with Crippen LogP contribution in [0.1, 0.15) is 37.4 Å². The molecule has 124 valence electrons. The van der Waals surface area contributed by atoms with E-state index in [0.29, 0.717) is 10.0 Å². The number of hydrogen-bond donors (Lipinski definition) is 3. The van der Waals surface area contributed by atoms with E-state index in [9.17, 15) is 24.9 Å². The van der Waals surface area contributed by atoms with Crippen LogP contribution < -0.4 is 0 Å². The number of carbonyl (C=O) groups excluding carboxylic acids is 2. The number of phenolic OH excluding ortho intramolecular Hbond substituents is 3. The number of benzene rings is 2. The van der Waals surface area contributed by atoms with Crippen molar-refractivity contribution in [1.29, 1.82) is 0 Å². The summed E-state index contributed by atoms with van der Waals surface area (Å²) in [7, 11) is 0. The largest absolute Gasteiger partial charge is 0.506 e. The predicted octanol–water partition coefficient (Wildman–Crippen LogP) is 4.94. The van der Waals surface area contributed by atoms with E-state index in [2.05, 4.69) is 63.7 Å². The van der Waals surface area contributed by atoms with E-state index >= 15 is 0 Å². The second-order valence-electron chi connectivity index (χ2n) is 5.08. The number of rotatable bonds is 0. The summed E-state index contributed by atoms with van der Waals surface area (Å²) in [6.07, 6.45) is 0. The van der Waals surface area contributed by atoms with E-state index < -0.39 is 23.1 Å². The molecule has 0 saturated carbocycles. The summed E-state index contributed by atoms with van der Waals surface area (Å²) in [5, 5.41) is 30.6. The summed E-state index contributed by atoms with van der Waals surface area (Å²) in [4.78, 5) is 25.8. The maximum Gasteiger partial charge on any atom is 0.202 e. The van der Waals surface area contributed by atoms with Crippen molar-refractivity contribution >= 4 is 75.3 Å². The van der Waals surface area contributed by atoms with Crippen LogP contribution in [0.4, 0.5) is 0 Å². The molecule has 0 bridgehead atoms. The molecular formula is C15H6Br4O5. The van der Waals surface area contributed by atoms with Gasteiger partial charge in [0.05, 0.1) is 31.2 Å². The van der Waals surface area contributed by atoms with Crippen LogP contribution in [0.25, 0.3) is 0 Å². The van der Waals surface area contributed by atoms with Gasteiger partial charge in [-0.3, -0.25) is 9.59 Å². The van der Waals surface area contributed by atoms with Crippen LogP contribution >= 0.6 is 63.7 Å². The van der Waals surface area contributed by atoms with Crippen LogP contribution in [0.2, 0.25) is 0 Å². The van der Waals surface area contributed by atoms with Gasteiger partial charge in [0.15, 0.2) is 5.78 Å². The van der Waals surface area contributed by atoms with E-state index in [1.807, 2.05) is 0 Å². The molecule has 0 radical (unpaired) electrons. The van der Waals surface area contributed by atoms with Crippen LogP contribution in [0, 0.1) is 6.92 Å². The highest BCUT2D eigenvalue weighted by Gasteiger charge is 2.40. The predicted molar refractivity (Wildman–Crippen MR) is 100 cm³/mol. The first-order chi connectivity index (χ1) is 11.1. The number of carbonyl (C=O) groups is 2. The third-order valence-corrected chi connectivity index (χ3v) is 7.30. The fourth-order valence-corrected chi connectivity index (χ4v) is 5.06. The molecule has 2 aromatic rings. The standard InChI is InChI=1S/C15H6Br4O5/c1-2-7(16)3-5(13(22)8(2)17)12(21)6-4(11(3)20)9(18)15(24)10(19)14(6)23/h22-24H,1H3. The van der Waals surface area contributed by atoms with Crippen molar-refractivity contribution in [3.8, 4) is 17.2 Å². The molecule has 3 N–H and O–H groups in total. The van der Waals surface area contributed by atoms with Gasteiger partial charge in [0.2, 0.25) is 5.78 Å². The molecule has 0 aliphatic heterocycles. The summed E-state index contributed by atoms with van der Waals surface area (Å²) in [5.41, 5.74) is -0.142. The molecule has 0 unspecified atom stereocenters. The normalized spacial score (nSPS) is 13.0. The lowest BCUT2D eigenvalue weighted by Gasteiger charge is -2.24. The highest BCUT2D eigenvalue weighted by Crippen LogP contribution is 2.51. The highest BCUT2D eigenvalue weighted by atomic mass is 79.9. The SMILES string of the molecule is Cc1c(Br)c(O)c2c(c1Br)C(=O)c1c(Br)c(O)c(Br)c(O)c1C2=O. The van der Waals surface area contributed by atoms with Crippen molar-refractivity contribution in [2.75, 3.05) is 0 Å². The van der Waals surface area contributed by atoms with Gasteiger partial charge in [-0.2, -0.15) is 0 Å². The Hall–Kier alpha value is -0.900.